The maximum absolute atomic E-state index is 11.5. The second-order valence-electron chi connectivity index (χ2n) is 4.39. The minimum absolute atomic E-state index is 0.290. The van der Waals surface area contributed by atoms with Crippen LogP contribution in [0.5, 0.6) is 0 Å². The molecule has 1 N–H and O–H groups in total. The average Bonchev–Trinajstić information content (AvgIpc) is 2.87. The number of carbonyl (C=O) groups is 1. The molecule has 0 radical (unpaired) electrons. The number of hydrogen-bond acceptors (Lipinski definition) is 4. The van der Waals surface area contributed by atoms with Gasteiger partial charge in [-0.1, -0.05) is 0 Å². The third-order valence-electron chi connectivity index (χ3n) is 3.59. The Kier molecular flexibility index (Phi) is 3.15. The number of hydrogen-bond donors (Lipinski definition) is 1. The van der Waals surface area contributed by atoms with Crippen molar-refractivity contribution in [2.45, 2.75) is 39.3 Å². The summed E-state index contributed by atoms with van der Waals surface area (Å²) in [6.45, 7) is 4.96. The molecule has 1 saturated heterocycles. The highest BCUT2D eigenvalue weighted by Crippen LogP contribution is 2.38. The van der Waals surface area contributed by atoms with Crippen LogP contribution >= 0.6 is 0 Å². The van der Waals surface area contributed by atoms with Gasteiger partial charge >= 0.3 is 5.97 Å². The highest BCUT2D eigenvalue weighted by atomic mass is 16.5. The molecule has 17 heavy (non-hydrogen) atoms. The Hall–Kier alpha value is -1.43. The van der Waals surface area contributed by atoms with E-state index in [0.717, 1.165) is 0 Å². The van der Waals surface area contributed by atoms with Crippen molar-refractivity contribution in [2.75, 3.05) is 6.61 Å². The number of carboxylic acids is 1. The molecule has 2 rings (SSSR count). The fourth-order valence-electron chi connectivity index (χ4n) is 2.34. The highest BCUT2D eigenvalue weighted by Gasteiger charge is 2.49. The Morgan fingerprint density at radius 3 is 3.06 bits per heavy atom. The molecule has 1 fully saturated rings. The minimum Gasteiger partial charge on any atom is -0.481 e. The number of carboxylic acid groups (broad SMARTS) is 1. The summed E-state index contributed by atoms with van der Waals surface area (Å²) in [5, 5.41) is 13.5. The topological polar surface area (TPSA) is 77.2 Å². The third kappa shape index (κ3) is 1.93. The van der Waals surface area contributed by atoms with Gasteiger partial charge in [0.2, 0.25) is 0 Å². The Balaban J connectivity index is 2.28. The molecular formula is C11H17N3O3. The molecular weight excluding hydrogens is 222 g/mol. The number of rotatable bonds is 4. The summed E-state index contributed by atoms with van der Waals surface area (Å²) >= 11 is 0. The monoisotopic (exact) mass is 239 g/mol. The van der Waals surface area contributed by atoms with Crippen LogP contribution in [-0.2, 0) is 22.5 Å². The average molecular weight is 239 g/mol. The number of nitrogens with zero attached hydrogens (tertiary/aromatic N) is 3. The van der Waals surface area contributed by atoms with Crippen LogP contribution in [0.25, 0.3) is 0 Å². The van der Waals surface area contributed by atoms with E-state index in [1.807, 2.05) is 13.8 Å². The van der Waals surface area contributed by atoms with E-state index in [1.54, 1.807) is 4.68 Å². The maximum atomic E-state index is 11.5. The van der Waals surface area contributed by atoms with Crippen molar-refractivity contribution in [3.05, 3.63) is 12.2 Å². The minimum atomic E-state index is -0.861. The molecule has 94 valence electrons. The lowest BCUT2D eigenvalue weighted by Gasteiger charge is -2.26. The molecule has 2 atom stereocenters. The fraction of sp³-hybridized carbons (Fsp3) is 0.727. The van der Waals surface area contributed by atoms with Gasteiger partial charge < -0.3 is 9.84 Å². The molecule has 2 heterocycles. The van der Waals surface area contributed by atoms with Crippen molar-refractivity contribution >= 4 is 5.97 Å². The van der Waals surface area contributed by atoms with E-state index in [1.165, 1.54) is 6.33 Å². The summed E-state index contributed by atoms with van der Waals surface area (Å²) in [4.78, 5) is 15.7. The Morgan fingerprint density at radius 2 is 2.53 bits per heavy atom. The zero-order chi connectivity index (χ0) is 12.5. The van der Waals surface area contributed by atoms with Gasteiger partial charge in [0.05, 0.1) is 6.10 Å². The van der Waals surface area contributed by atoms with Gasteiger partial charge in [-0.2, -0.15) is 5.10 Å². The van der Waals surface area contributed by atoms with Crippen LogP contribution in [0.4, 0.5) is 0 Å². The molecule has 0 aromatic carbocycles. The molecule has 0 saturated carbocycles. The molecule has 0 spiro atoms. The predicted octanol–water partition coefficient (Wildman–Crippen LogP) is 0.720. The molecule has 6 heteroatoms. The van der Waals surface area contributed by atoms with E-state index in [2.05, 4.69) is 10.1 Å². The fourth-order valence-corrected chi connectivity index (χ4v) is 2.34. The molecule has 6 nitrogen and oxygen atoms in total. The molecule has 0 aliphatic carbocycles. The van der Waals surface area contributed by atoms with Gasteiger partial charge in [0.1, 0.15) is 17.6 Å². The van der Waals surface area contributed by atoms with Gasteiger partial charge in [-0.15, -0.1) is 0 Å². The lowest BCUT2D eigenvalue weighted by atomic mass is 9.78. The Labute approximate surface area is 99.6 Å². The van der Waals surface area contributed by atoms with Crippen molar-refractivity contribution in [3.63, 3.8) is 0 Å². The molecule has 1 aliphatic rings. The summed E-state index contributed by atoms with van der Waals surface area (Å²) in [7, 11) is 0. The number of ether oxygens (including phenoxy) is 1. The lowest BCUT2D eigenvalue weighted by Crippen LogP contribution is -2.40. The standard InChI is InChI=1S/C11H17N3O3/c1-3-14-9(12-7-13-14)6-11(10(15)16)4-5-17-8(11)2/h7-8H,3-6H2,1-2H3,(H,15,16). The summed E-state index contributed by atoms with van der Waals surface area (Å²) < 4.78 is 7.15. The predicted molar refractivity (Wildman–Crippen MR) is 59.5 cm³/mol. The zero-order valence-electron chi connectivity index (χ0n) is 10.1. The van der Waals surface area contributed by atoms with E-state index in [-0.39, 0.29) is 6.10 Å². The smallest absolute Gasteiger partial charge is 0.312 e. The first-order valence-corrected chi connectivity index (χ1v) is 5.82. The van der Waals surface area contributed by atoms with Crippen molar-refractivity contribution in [1.82, 2.24) is 14.8 Å². The van der Waals surface area contributed by atoms with Gasteiger partial charge in [0.15, 0.2) is 0 Å². The summed E-state index contributed by atoms with van der Waals surface area (Å²) in [5.74, 6) is -0.0968. The molecule has 1 aromatic rings. The van der Waals surface area contributed by atoms with Crippen molar-refractivity contribution in [1.29, 1.82) is 0 Å². The molecule has 0 bridgehead atoms. The largest absolute Gasteiger partial charge is 0.481 e. The first kappa shape index (κ1) is 12.0. The zero-order valence-corrected chi connectivity index (χ0v) is 10.1. The highest BCUT2D eigenvalue weighted by molar-refractivity contribution is 5.76. The number of aromatic nitrogens is 3. The first-order chi connectivity index (χ1) is 8.10. The summed E-state index contributed by atoms with van der Waals surface area (Å²) in [6.07, 6.45) is 2.08. The molecule has 0 amide bonds. The van der Waals surface area contributed by atoms with Crippen LogP contribution in [0.2, 0.25) is 0 Å². The Bertz CT molecular complexity index is 418. The van der Waals surface area contributed by atoms with E-state index >= 15 is 0 Å². The second kappa shape index (κ2) is 4.44. The maximum Gasteiger partial charge on any atom is 0.312 e. The quantitative estimate of drug-likeness (QED) is 0.837. The van der Waals surface area contributed by atoms with E-state index in [9.17, 15) is 9.90 Å². The van der Waals surface area contributed by atoms with Crippen LogP contribution in [0.3, 0.4) is 0 Å². The Morgan fingerprint density at radius 1 is 1.76 bits per heavy atom. The van der Waals surface area contributed by atoms with E-state index in [4.69, 9.17) is 4.74 Å². The summed E-state index contributed by atoms with van der Waals surface area (Å²) in [6, 6.07) is 0. The molecule has 2 unspecified atom stereocenters. The van der Waals surface area contributed by atoms with Gasteiger partial charge in [-0.25, -0.2) is 4.98 Å². The van der Waals surface area contributed by atoms with Crippen molar-refractivity contribution in [3.8, 4) is 0 Å². The normalized spacial score (nSPS) is 28.5. The second-order valence-corrected chi connectivity index (χ2v) is 4.39. The van der Waals surface area contributed by atoms with Crippen LogP contribution in [0, 0.1) is 5.41 Å². The third-order valence-corrected chi connectivity index (χ3v) is 3.59. The molecule has 1 aromatic heterocycles. The number of aliphatic carboxylic acids is 1. The van der Waals surface area contributed by atoms with Crippen LogP contribution in [0.15, 0.2) is 6.33 Å². The van der Waals surface area contributed by atoms with Crippen LogP contribution in [-0.4, -0.2) is 38.6 Å². The van der Waals surface area contributed by atoms with Crippen LogP contribution in [0.1, 0.15) is 26.1 Å². The van der Waals surface area contributed by atoms with Gasteiger partial charge in [0.25, 0.3) is 0 Å². The van der Waals surface area contributed by atoms with E-state index < -0.39 is 11.4 Å². The first-order valence-electron chi connectivity index (χ1n) is 5.82. The van der Waals surface area contributed by atoms with Crippen molar-refractivity contribution in [2.24, 2.45) is 5.41 Å². The van der Waals surface area contributed by atoms with Crippen molar-refractivity contribution < 1.29 is 14.6 Å². The van der Waals surface area contributed by atoms with Gasteiger partial charge in [0, 0.05) is 19.6 Å². The SMILES string of the molecule is CCn1ncnc1CC1(C(=O)O)CCOC1C. The lowest BCUT2D eigenvalue weighted by molar-refractivity contribution is -0.152. The summed E-state index contributed by atoms with van der Waals surface area (Å²) in [5.41, 5.74) is -0.861. The molecule has 1 aliphatic heterocycles. The van der Waals surface area contributed by atoms with Gasteiger partial charge in [-0.05, 0) is 20.3 Å². The van der Waals surface area contributed by atoms with E-state index in [0.29, 0.717) is 31.8 Å². The number of aryl methyl sites for hydroxylation is 1. The van der Waals surface area contributed by atoms with Crippen LogP contribution < -0.4 is 0 Å². The van der Waals surface area contributed by atoms with Gasteiger partial charge in [-0.3, -0.25) is 9.48 Å².